The first-order chi connectivity index (χ1) is 12.3. The number of benzene rings is 1. The monoisotopic (exact) mass is 355 g/mol. The van der Waals surface area contributed by atoms with Crippen molar-refractivity contribution < 1.29 is 23.4 Å². The van der Waals surface area contributed by atoms with Gasteiger partial charge in [0.15, 0.2) is 11.5 Å². The summed E-state index contributed by atoms with van der Waals surface area (Å²) < 4.78 is 21.1. The molecule has 25 heavy (non-hydrogen) atoms. The van der Waals surface area contributed by atoms with Crippen LogP contribution in [0.3, 0.4) is 0 Å². The lowest BCUT2D eigenvalue weighted by Crippen LogP contribution is -2.00. The molecule has 0 aliphatic carbocycles. The van der Waals surface area contributed by atoms with Crippen molar-refractivity contribution in [2.45, 2.75) is 6.61 Å². The lowest BCUT2D eigenvalue weighted by molar-refractivity contribution is -0.139. The van der Waals surface area contributed by atoms with Gasteiger partial charge >= 0.3 is 5.97 Å². The summed E-state index contributed by atoms with van der Waals surface area (Å²) in [5, 5.41) is 1.94. The van der Waals surface area contributed by atoms with E-state index in [1.54, 1.807) is 18.2 Å². The molecule has 1 aliphatic heterocycles. The summed E-state index contributed by atoms with van der Waals surface area (Å²) >= 11 is 1.53. The molecule has 126 valence electrons. The molecule has 0 unspecified atom stereocenters. The average Bonchev–Trinajstić information content (AvgIpc) is 3.38. The standard InChI is InChI=1S/C18H13NO5S/c20-17(6-4-12-3-5-14-15(8-12)24-11-23-14)21-9-13-10-22-18(19-13)16-2-1-7-25-16/h1-8,10H,9,11H2/b6-4+. The van der Waals surface area contributed by atoms with E-state index in [1.807, 2.05) is 23.6 Å². The number of carbonyl (C=O) groups is 1. The molecule has 2 aromatic heterocycles. The number of carbonyl (C=O) groups excluding carboxylic acids is 1. The van der Waals surface area contributed by atoms with Gasteiger partial charge in [-0.3, -0.25) is 0 Å². The van der Waals surface area contributed by atoms with Crippen LogP contribution < -0.4 is 9.47 Å². The highest BCUT2D eigenvalue weighted by Gasteiger charge is 2.12. The molecular formula is C18H13NO5S. The van der Waals surface area contributed by atoms with Gasteiger partial charge in [0.1, 0.15) is 18.6 Å². The van der Waals surface area contributed by atoms with E-state index >= 15 is 0 Å². The third-order valence-corrected chi connectivity index (χ3v) is 4.31. The van der Waals surface area contributed by atoms with Crippen molar-refractivity contribution in [3.05, 3.63) is 59.3 Å². The fraction of sp³-hybridized carbons (Fsp3) is 0.111. The van der Waals surface area contributed by atoms with Crippen molar-refractivity contribution in [1.82, 2.24) is 4.98 Å². The van der Waals surface area contributed by atoms with E-state index in [-0.39, 0.29) is 13.4 Å². The number of fused-ring (bicyclic) bond motifs is 1. The number of hydrogen-bond acceptors (Lipinski definition) is 7. The lowest BCUT2D eigenvalue weighted by atomic mass is 10.2. The number of aromatic nitrogens is 1. The van der Waals surface area contributed by atoms with Crippen molar-refractivity contribution in [2.24, 2.45) is 0 Å². The van der Waals surface area contributed by atoms with Crippen LogP contribution in [0.15, 0.2) is 52.5 Å². The number of rotatable bonds is 5. The predicted octanol–water partition coefficient (Wildman–Crippen LogP) is 3.89. The summed E-state index contributed by atoms with van der Waals surface area (Å²) in [6.45, 7) is 0.273. The fourth-order valence-corrected chi connectivity index (χ4v) is 2.92. The zero-order valence-electron chi connectivity index (χ0n) is 13.0. The lowest BCUT2D eigenvalue weighted by Gasteiger charge is -1.99. The molecular weight excluding hydrogens is 342 g/mol. The van der Waals surface area contributed by atoms with E-state index in [4.69, 9.17) is 18.6 Å². The van der Waals surface area contributed by atoms with E-state index in [0.29, 0.717) is 23.1 Å². The van der Waals surface area contributed by atoms with Crippen molar-refractivity contribution in [2.75, 3.05) is 6.79 Å². The van der Waals surface area contributed by atoms with Crippen molar-refractivity contribution in [3.63, 3.8) is 0 Å². The number of esters is 1. The number of hydrogen-bond donors (Lipinski definition) is 0. The molecule has 0 spiro atoms. The molecule has 0 saturated heterocycles. The molecule has 7 heteroatoms. The fourth-order valence-electron chi connectivity index (χ4n) is 2.26. The SMILES string of the molecule is O=C(/C=C/c1ccc2c(c1)OCO2)OCc1coc(-c2cccs2)n1. The minimum absolute atomic E-state index is 0.0547. The van der Waals surface area contributed by atoms with Gasteiger partial charge in [0, 0.05) is 6.08 Å². The van der Waals surface area contributed by atoms with Crippen molar-refractivity contribution in [3.8, 4) is 22.3 Å². The van der Waals surface area contributed by atoms with Gasteiger partial charge in [-0.05, 0) is 35.2 Å². The first kappa shape index (κ1) is 15.5. The first-order valence-electron chi connectivity index (χ1n) is 7.51. The maximum atomic E-state index is 11.8. The third kappa shape index (κ3) is 3.56. The normalized spacial score (nSPS) is 12.6. The Morgan fingerprint density at radius 1 is 1.28 bits per heavy atom. The second-order valence-electron chi connectivity index (χ2n) is 5.18. The Morgan fingerprint density at radius 3 is 3.08 bits per heavy atom. The Kier molecular flexibility index (Phi) is 4.22. The van der Waals surface area contributed by atoms with Crippen LogP contribution in [0.4, 0.5) is 0 Å². The Labute approximate surface area is 147 Å². The maximum absolute atomic E-state index is 11.8. The van der Waals surface area contributed by atoms with Crippen LogP contribution in [0, 0.1) is 0 Å². The molecule has 1 aromatic carbocycles. The molecule has 3 heterocycles. The van der Waals surface area contributed by atoms with Gasteiger partial charge in [-0.2, -0.15) is 0 Å². The quantitative estimate of drug-likeness (QED) is 0.511. The van der Waals surface area contributed by atoms with Crippen LogP contribution in [0.1, 0.15) is 11.3 Å². The van der Waals surface area contributed by atoms with E-state index < -0.39 is 5.97 Å². The minimum atomic E-state index is -0.460. The van der Waals surface area contributed by atoms with Crippen LogP contribution in [0.2, 0.25) is 0 Å². The van der Waals surface area contributed by atoms with Crippen LogP contribution >= 0.6 is 11.3 Å². The topological polar surface area (TPSA) is 70.8 Å². The minimum Gasteiger partial charge on any atom is -0.456 e. The van der Waals surface area contributed by atoms with Gasteiger partial charge in [-0.25, -0.2) is 9.78 Å². The Bertz CT molecular complexity index is 913. The van der Waals surface area contributed by atoms with Gasteiger partial charge in [0.25, 0.3) is 0 Å². The molecule has 0 atom stereocenters. The molecule has 1 aliphatic rings. The van der Waals surface area contributed by atoms with E-state index in [1.165, 1.54) is 23.7 Å². The van der Waals surface area contributed by atoms with E-state index in [0.717, 1.165) is 10.4 Å². The maximum Gasteiger partial charge on any atom is 0.331 e. The molecule has 0 bridgehead atoms. The molecule has 4 rings (SSSR count). The Morgan fingerprint density at radius 2 is 2.20 bits per heavy atom. The predicted molar refractivity (Wildman–Crippen MR) is 91.2 cm³/mol. The molecule has 3 aromatic rings. The highest BCUT2D eigenvalue weighted by Crippen LogP contribution is 2.32. The highest BCUT2D eigenvalue weighted by atomic mass is 32.1. The molecule has 0 saturated carbocycles. The third-order valence-electron chi connectivity index (χ3n) is 3.45. The smallest absolute Gasteiger partial charge is 0.331 e. The van der Waals surface area contributed by atoms with Crippen LogP contribution in [-0.4, -0.2) is 17.7 Å². The van der Waals surface area contributed by atoms with Gasteiger partial charge in [-0.1, -0.05) is 12.1 Å². The Balaban J connectivity index is 1.33. The van der Waals surface area contributed by atoms with Crippen LogP contribution in [-0.2, 0) is 16.1 Å². The first-order valence-corrected chi connectivity index (χ1v) is 8.39. The highest BCUT2D eigenvalue weighted by molar-refractivity contribution is 7.13. The van der Waals surface area contributed by atoms with Gasteiger partial charge in [-0.15, -0.1) is 11.3 Å². The second-order valence-corrected chi connectivity index (χ2v) is 6.12. The van der Waals surface area contributed by atoms with Crippen LogP contribution in [0.25, 0.3) is 16.8 Å². The van der Waals surface area contributed by atoms with Crippen molar-refractivity contribution in [1.29, 1.82) is 0 Å². The number of thiophene rings is 1. The summed E-state index contributed by atoms with van der Waals surface area (Å²) in [4.78, 5) is 17.1. The molecule has 0 amide bonds. The number of nitrogens with zero attached hydrogens (tertiary/aromatic N) is 1. The van der Waals surface area contributed by atoms with E-state index in [2.05, 4.69) is 4.98 Å². The van der Waals surface area contributed by atoms with Gasteiger partial charge < -0.3 is 18.6 Å². The van der Waals surface area contributed by atoms with Gasteiger partial charge in [0.05, 0.1) is 4.88 Å². The van der Waals surface area contributed by atoms with Gasteiger partial charge in [0.2, 0.25) is 12.7 Å². The van der Waals surface area contributed by atoms with E-state index in [9.17, 15) is 4.79 Å². The molecule has 0 radical (unpaired) electrons. The summed E-state index contributed by atoms with van der Waals surface area (Å²) in [5.74, 6) is 1.43. The second kappa shape index (κ2) is 6.82. The molecule has 6 nitrogen and oxygen atoms in total. The molecule has 0 fully saturated rings. The zero-order valence-corrected chi connectivity index (χ0v) is 13.8. The average molecular weight is 355 g/mol. The largest absolute Gasteiger partial charge is 0.456 e. The number of ether oxygens (including phenoxy) is 3. The Hall–Kier alpha value is -3.06. The summed E-state index contributed by atoms with van der Waals surface area (Å²) in [6.07, 6.45) is 4.51. The number of oxazole rings is 1. The summed E-state index contributed by atoms with van der Waals surface area (Å²) in [5.41, 5.74) is 1.39. The molecule has 0 N–H and O–H groups in total. The van der Waals surface area contributed by atoms with Crippen LogP contribution in [0.5, 0.6) is 11.5 Å². The zero-order chi connectivity index (χ0) is 17.1. The van der Waals surface area contributed by atoms with Crippen molar-refractivity contribution >= 4 is 23.4 Å². The summed E-state index contributed by atoms with van der Waals surface area (Å²) in [7, 11) is 0. The summed E-state index contributed by atoms with van der Waals surface area (Å²) in [6, 6.07) is 9.28.